The molecule has 0 aliphatic carbocycles. The van der Waals surface area contributed by atoms with Crippen LogP contribution in [0.3, 0.4) is 0 Å². The number of phenolic OH excluding ortho intramolecular Hbond substituents is 2. The Morgan fingerprint density at radius 1 is 0.258 bits per heavy atom. The van der Waals surface area contributed by atoms with Crippen molar-refractivity contribution in [3.05, 3.63) is 243 Å². The van der Waals surface area contributed by atoms with Crippen molar-refractivity contribution < 1.29 is 10.2 Å². The van der Waals surface area contributed by atoms with Crippen molar-refractivity contribution in [1.29, 1.82) is 0 Å². The number of aromatic hydroxyl groups is 2. The van der Waals surface area contributed by atoms with Crippen molar-refractivity contribution in [2.75, 3.05) is 9.80 Å². The van der Waals surface area contributed by atoms with Gasteiger partial charge in [-0.05, 0) is 133 Å². The molecule has 2 aromatic heterocycles. The molecule has 314 valence electrons. The number of phenols is 2. The standard InChI is InChI=1S/C60H42N4O2/c65-59-35-31-47(61(41-17-5-1-6-18-41)45-29-33-57-51(37-45)49-25-13-15-27-55(49)63(57)43-21-9-3-10-22-43)39-53(59)54-40-48(32-36-60(54)66)62(42-19-7-2-8-20-42)46-30-34-58-52(38-46)50-26-14-16-28-56(50)64(58)44-23-11-4-12-24-44/h1-40,65-66H. The molecule has 2 N–H and O–H groups in total. The zero-order valence-corrected chi connectivity index (χ0v) is 35.8. The third kappa shape index (κ3) is 6.51. The van der Waals surface area contributed by atoms with Crippen molar-refractivity contribution >= 4 is 77.7 Å². The molecule has 0 saturated carbocycles. The van der Waals surface area contributed by atoms with Crippen LogP contribution in [0.2, 0.25) is 0 Å². The van der Waals surface area contributed by atoms with Gasteiger partial charge in [0.1, 0.15) is 11.5 Å². The Morgan fingerprint density at radius 2 is 0.576 bits per heavy atom. The van der Waals surface area contributed by atoms with Crippen LogP contribution in [0, 0.1) is 0 Å². The van der Waals surface area contributed by atoms with E-state index < -0.39 is 0 Å². The lowest BCUT2D eigenvalue weighted by atomic mass is 10.00. The minimum atomic E-state index is 0.0574. The first-order valence-electron chi connectivity index (χ1n) is 22.1. The van der Waals surface area contributed by atoms with E-state index in [9.17, 15) is 10.2 Å². The molecule has 0 aliphatic rings. The zero-order valence-electron chi connectivity index (χ0n) is 35.8. The predicted molar refractivity (Wildman–Crippen MR) is 273 cm³/mol. The minimum absolute atomic E-state index is 0.0574. The third-order valence-corrected chi connectivity index (χ3v) is 12.7. The van der Waals surface area contributed by atoms with Gasteiger partial charge >= 0.3 is 0 Å². The summed E-state index contributed by atoms with van der Waals surface area (Å²) in [6.07, 6.45) is 0. The van der Waals surface area contributed by atoms with E-state index in [0.717, 1.165) is 89.1 Å². The fraction of sp³-hybridized carbons (Fsp3) is 0. The topological polar surface area (TPSA) is 56.8 Å². The summed E-state index contributed by atoms with van der Waals surface area (Å²) in [5.74, 6) is 0.115. The van der Waals surface area contributed by atoms with E-state index >= 15 is 0 Å². The average molecular weight is 851 g/mol. The fourth-order valence-corrected chi connectivity index (χ4v) is 9.72. The van der Waals surface area contributed by atoms with Gasteiger partial charge in [-0.15, -0.1) is 0 Å². The van der Waals surface area contributed by atoms with Gasteiger partial charge in [0.05, 0.1) is 22.1 Å². The number of fused-ring (bicyclic) bond motifs is 6. The number of hydrogen-bond acceptors (Lipinski definition) is 4. The highest BCUT2D eigenvalue weighted by Gasteiger charge is 2.22. The second-order valence-electron chi connectivity index (χ2n) is 16.5. The molecule has 0 aliphatic heterocycles. The van der Waals surface area contributed by atoms with E-state index in [0.29, 0.717) is 11.1 Å². The number of aromatic nitrogens is 2. The van der Waals surface area contributed by atoms with E-state index in [1.807, 2.05) is 72.8 Å². The lowest BCUT2D eigenvalue weighted by Gasteiger charge is -2.27. The Balaban J connectivity index is 1.00. The maximum Gasteiger partial charge on any atom is 0.123 e. The Labute approximate surface area is 382 Å². The quantitative estimate of drug-likeness (QED) is 0.152. The van der Waals surface area contributed by atoms with Crippen molar-refractivity contribution in [2.45, 2.75) is 0 Å². The Bertz CT molecular complexity index is 3480. The van der Waals surface area contributed by atoms with Gasteiger partial charge in [-0.25, -0.2) is 0 Å². The Morgan fingerprint density at radius 3 is 0.985 bits per heavy atom. The second kappa shape index (κ2) is 16.0. The van der Waals surface area contributed by atoms with Crippen LogP contribution in [0.5, 0.6) is 11.5 Å². The lowest BCUT2D eigenvalue weighted by Crippen LogP contribution is -2.10. The van der Waals surface area contributed by atoms with Gasteiger partial charge < -0.3 is 29.1 Å². The fourth-order valence-electron chi connectivity index (χ4n) is 9.72. The highest BCUT2D eigenvalue weighted by atomic mass is 16.3. The first-order chi connectivity index (χ1) is 32.6. The Hall–Kier alpha value is -9.00. The molecule has 10 aromatic carbocycles. The van der Waals surface area contributed by atoms with Crippen molar-refractivity contribution in [1.82, 2.24) is 9.13 Å². The van der Waals surface area contributed by atoms with Gasteiger partial charge in [-0.3, -0.25) is 0 Å². The molecule has 0 radical (unpaired) electrons. The maximum absolute atomic E-state index is 11.7. The van der Waals surface area contributed by atoms with Gasteiger partial charge in [-0.1, -0.05) is 109 Å². The molecule has 0 atom stereocenters. The van der Waals surface area contributed by atoms with Gasteiger partial charge in [-0.2, -0.15) is 0 Å². The molecule has 0 amide bonds. The summed E-state index contributed by atoms with van der Waals surface area (Å²) in [5.41, 5.74) is 13.2. The molecule has 0 fully saturated rings. The van der Waals surface area contributed by atoms with Gasteiger partial charge in [0.2, 0.25) is 0 Å². The third-order valence-electron chi connectivity index (χ3n) is 12.7. The summed E-state index contributed by atoms with van der Waals surface area (Å²) in [4.78, 5) is 4.41. The molecule has 0 unspecified atom stereocenters. The SMILES string of the molecule is Oc1ccc(N(c2ccccc2)c2ccc3c(c2)c2ccccc2n3-c2ccccc2)cc1-c1cc(N(c2ccccc2)c2ccc3c(c2)c2ccccc2n3-c2ccccc2)ccc1O. The monoisotopic (exact) mass is 850 g/mol. The summed E-state index contributed by atoms with van der Waals surface area (Å²) in [6.45, 7) is 0. The van der Waals surface area contributed by atoms with Gasteiger partial charge in [0.15, 0.2) is 0 Å². The molecule has 2 heterocycles. The maximum atomic E-state index is 11.7. The van der Waals surface area contributed by atoms with Crippen LogP contribution >= 0.6 is 0 Å². The predicted octanol–water partition coefficient (Wildman–Crippen LogP) is 15.9. The van der Waals surface area contributed by atoms with Crippen LogP contribution in [0.25, 0.3) is 66.1 Å². The van der Waals surface area contributed by atoms with Gasteiger partial charge in [0.25, 0.3) is 0 Å². The summed E-state index contributed by atoms with van der Waals surface area (Å²) >= 11 is 0. The molecule has 6 heteroatoms. The number of anilines is 6. The molecule has 12 rings (SSSR count). The normalized spacial score (nSPS) is 11.5. The first kappa shape index (κ1) is 38.7. The van der Waals surface area contributed by atoms with Crippen LogP contribution in [0.1, 0.15) is 0 Å². The molecule has 66 heavy (non-hydrogen) atoms. The number of benzene rings is 10. The van der Waals surface area contributed by atoms with Crippen LogP contribution in [0.15, 0.2) is 243 Å². The second-order valence-corrected chi connectivity index (χ2v) is 16.5. The van der Waals surface area contributed by atoms with E-state index in [2.05, 4.69) is 177 Å². The van der Waals surface area contributed by atoms with Crippen molar-refractivity contribution in [3.63, 3.8) is 0 Å². The van der Waals surface area contributed by atoms with Crippen LogP contribution in [-0.2, 0) is 0 Å². The smallest absolute Gasteiger partial charge is 0.123 e. The highest BCUT2D eigenvalue weighted by Crippen LogP contribution is 2.47. The van der Waals surface area contributed by atoms with E-state index in [1.165, 1.54) is 0 Å². The summed E-state index contributed by atoms with van der Waals surface area (Å²) in [5, 5.41) is 28.0. The molecule has 0 spiro atoms. The molecule has 0 bridgehead atoms. The van der Waals surface area contributed by atoms with Crippen LogP contribution in [0.4, 0.5) is 34.1 Å². The number of rotatable bonds is 9. The highest BCUT2D eigenvalue weighted by molar-refractivity contribution is 6.12. The van der Waals surface area contributed by atoms with Crippen molar-refractivity contribution in [3.8, 4) is 34.0 Å². The molecule has 6 nitrogen and oxygen atoms in total. The average Bonchev–Trinajstić information content (AvgIpc) is 3.89. The number of hydrogen-bond donors (Lipinski definition) is 2. The van der Waals surface area contributed by atoms with Gasteiger partial charge in [0, 0.05) is 78.2 Å². The van der Waals surface area contributed by atoms with Crippen molar-refractivity contribution in [2.24, 2.45) is 0 Å². The molecular weight excluding hydrogens is 809 g/mol. The minimum Gasteiger partial charge on any atom is -0.507 e. The van der Waals surface area contributed by atoms with E-state index in [1.54, 1.807) is 12.1 Å². The largest absolute Gasteiger partial charge is 0.507 e. The first-order valence-corrected chi connectivity index (χ1v) is 22.1. The molecular formula is C60H42N4O2. The number of para-hydroxylation sites is 6. The molecule has 0 saturated heterocycles. The number of nitrogens with zero attached hydrogens (tertiary/aromatic N) is 4. The molecule has 12 aromatic rings. The lowest BCUT2D eigenvalue weighted by molar-refractivity contribution is 0.469. The summed E-state index contributed by atoms with van der Waals surface area (Å²) < 4.78 is 4.63. The van der Waals surface area contributed by atoms with E-state index in [4.69, 9.17) is 0 Å². The summed E-state index contributed by atoms with van der Waals surface area (Å²) in [6, 6.07) is 83.0. The van der Waals surface area contributed by atoms with E-state index in [-0.39, 0.29) is 11.5 Å². The van der Waals surface area contributed by atoms with Crippen LogP contribution in [-0.4, -0.2) is 19.3 Å². The van der Waals surface area contributed by atoms with Crippen LogP contribution < -0.4 is 9.80 Å². The zero-order chi connectivity index (χ0) is 44.1. The Kier molecular flexibility index (Phi) is 9.35. The summed E-state index contributed by atoms with van der Waals surface area (Å²) in [7, 11) is 0.